The topological polar surface area (TPSA) is 67.2 Å². The van der Waals surface area contributed by atoms with Crippen LogP contribution in [0.1, 0.15) is 27.0 Å². The summed E-state index contributed by atoms with van der Waals surface area (Å²) >= 11 is 3.50. The van der Waals surface area contributed by atoms with Gasteiger partial charge in [-0.25, -0.2) is 0 Å². The van der Waals surface area contributed by atoms with E-state index in [-0.39, 0.29) is 5.91 Å². The van der Waals surface area contributed by atoms with Crippen molar-refractivity contribution in [3.63, 3.8) is 0 Å². The lowest BCUT2D eigenvalue weighted by molar-refractivity contribution is 0.102. The molecule has 0 aliphatic rings. The molecular weight excluding hydrogens is 330 g/mol. The molecule has 0 radical (unpaired) electrons. The number of amides is 1. The first-order valence-electron chi connectivity index (χ1n) is 6.57. The second-order valence-electron chi connectivity index (χ2n) is 5.07. The minimum Gasteiger partial charge on any atom is -0.324 e. The zero-order valence-electron chi connectivity index (χ0n) is 12.3. The molecule has 0 unspecified atom stereocenters. The molecule has 4 N–H and O–H groups in total. The van der Waals surface area contributed by atoms with Gasteiger partial charge in [-0.2, -0.15) is 0 Å². The number of nitrogens with one attached hydrogen (secondary N) is 2. The maximum atomic E-state index is 12.4. The number of benzene rings is 2. The Morgan fingerprint density at radius 1 is 1.10 bits per heavy atom. The van der Waals surface area contributed by atoms with Gasteiger partial charge in [0.05, 0.1) is 11.4 Å². The standard InChI is InChI=1S/C16H18BrN3O/c1-9-6-11(3)15(13(17)7-9)19-16(21)12-4-5-14(20-18)10(2)8-12/h4-8,20H,18H2,1-3H3,(H,19,21). The molecule has 0 aromatic heterocycles. The van der Waals surface area contributed by atoms with Crippen LogP contribution in [0.3, 0.4) is 0 Å². The molecule has 2 rings (SSSR count). The highest BCUT2D eigenvalue weighted by atomic mass is 79.9. The summed E-state index contributed by atoms with van der Waals surface area (Å²) in [5.41, 5.74) is 7.88. The summed E-state index contributed by atoms with van der Waals surface area (Å²) in [5, 5.41) is 2.95. The van der Waals surface area contributed by atoms with Crippen molar-refractivity contribution in [2.75, 3.05) is 10.7 Å². The predicted octanol–water partition coefficient (Wildman–Crippen LogP) is 3.91. The number of nitrogens with two attached hydrogens (primary N) is 1. The third kappa shape index (κ3) is 3.43. The number of carbonyl (C=O) groups excluding carboxylic acids is 1. The second-order valence-corrected chi connectivity index (χ2v) is 5.92. The van der Waals surface area contributed by atoms with Crippen LogP contribution >= 0.6 is 15.9 Å². The van der Waals surface area contributed by atoms with Crippen LogP contribution in [0.15, 0.2) is 34.8 Å². The van der Waals surface area contributed by atoms with E-state index in [0.717, 1.165) is 32.5 Å². The van der Waals surface area contributed by atoms with Crippen LogP contribution in [0.25, 0.3) is 0 Å². The van der Waals surface area contributed by atoms with Crippen molar-refractivity contribution < 1.29 is 4.79 Å². The van der Waals surface area contributed by atoms with Crippen LogP contribution in [0.5, 0.6) is 0 Å². The number of hydrogen-bond acceptors (Lipinski definition) is 3. The number of hydrogen-bond donors (Lipinski definition) is 3. The van der Waals surface area contributed by atoms with Crippen molar-refractivity contribution in [3.8, 4) is 0 Å². The highest BCUT2D eigenvalue weighted by Crippen LogP contribution is 2.28. The quantitative estimate of drug-likeness (QED) is 0.582. The Hall–Kier alpha value is -1.85. The van der Waals surface area contributed by atoms with Gasteiger partial charge < -0.3 is 10.7 Å². The first kappa shape index (κ1) is 15.5. The van der Waals surface area contributed by atoms with Crippen LogP contribution in [-0.4, -0.2) is 5.91 Å². The lowest BCUT2D eigenvalue weighted by Gasteiger charge is -2.13. The van der Waals surface area contributed by atoms with E-state index in [2.05, 4.69) is 26.7 Å². The molecule has 110 valence electrons. The van der Waals surface area contributed by atoms with Gasteiger partial charge in [-0.3, -0.25) is 10.6 Å². The molecule has 4 nitrogen and oxygen atoms in total. The van der Waals surface area contributed by atoms with E-state index in [9.17, 15) is 4.79 Å². The minimum absolute atomic E-state index is 0.144. The summed E-state index contributed by atoms with van der Waals surface area (Å²) < 4.78 is 0.880. The Labute approximate surface area is 132 Å². The van der Waals surface area contributed by atoms with Gasteiger partial charge in [0.1, 0.15) is 0 Å². The van der Waals surface area contributed by atoms with Gasteiger partial charge in [0.15, 0.2) is 0 Å². The van der Waals surface area contributed by atoms with Crippen molar-refractivity contribution in [3.05, 3.63) is 57.1 Å². The van der Waals surface area contributed by atoms with E-state index in [1.807, 2.05) is 39.0 Å². The number of hydrazine groups is 1. The van der Waals surface area contributed by atoms with E-state index in [4.69, 9.17) is 5.84 Å². The molecule has 0 heterocycles. The number of carbonyl (C=O) groups is 1. The van der Waals surface area contributed by atoms with E-state index < -0.39 is 0 Å². The number of anilines is 2. The van der Waals surface area contributed by atoms with Gasteiger partial charge in [0.25, 0.3) is 5.91 Å². The summed E-state index contributed by atoms with van der Waals surface area (Å²) in [6.07, 6.45) is 0. The SMILES string of the molecule is Cc1cc(C)c(NC(=O)c2ccc(NN)c(C)c2)c(Br)c1. The van der Waals surface area contributed by atoms with Gasteiger partial charge in [-0.15, -0.1) is 0 Å². The molecule has 1 amide bonds. The summed E-state index contributed by atoms with van der Waals surface area (Å²) in [4.78, 5) is 12.4. The van der Waals surface area contributed by atoms with E-state index in [1.165, 1.54) is 0 Å². The van der Waals surface area contributed by atoms with E-state index in [0.29, 0.717) is 5.56 Å². The normalized spacial score (nSPS) is 10.3. The maximum absolute atomic E-state index is 12.4. The Kier molecular flexibility index (Phi) is 4.65. The number of nitrogen functional groups attached to an aromatic ring is 1. The number of aryl methyl sites for hydroxylation is 3. The molecule has 21 heavy (non-hydrogen) atoms. The molecule has 0 aliphatic heterocycles. The molecule has 0 saturated heterocycles. The molecule has 0 aliphatic carbocycles. The summed E-state index contributed by atoms with van der Waals surface area (Å²) in [7, 11) is 0. The highest BCUT2D eigenvalue weighted by Gasteiger charge is 2.12. The lowest BCUT2D eigenvalue weighted by Crippen LogP contribution is -2.14. The van der Waals surface area contributed by atoms with Crippen molar-refractivity contribution in [1.29, 1.82) is 0 Å². The Morgan fingerprint density at radius 3 is 2.38 bits per heavy atom. The molecule has 0 spiro atoms. The molecule has 0 fully saturated rings. The largest absolute Gasteiger partial charge is 0.324 e. The van der Waals surface area contributed by atoms with Crippen LogP contribution in [0.2, 0.25) is 0 Å². The zero-order chi connectivity index (χ0) is 15.6. The van der Waals surface area contributed by atoms with Gasteiger partial charge in [-0.05, 0) is 77.7 Å². The zero-order valence-corrected chi connectivity index (χ0v) is 13.8. The molecule has 0 saturated carbocycles. The van der Waals surface area contributed by atoms with E-state index in [1.54, 1.807) is 12.1 Å². The van der Waals surface area contributed by atoms with Crippen LogP contribution in [0.4, 0.5) is 11.4 Å². The van der Waals surface area contributed by atoms with Gasteiger partial charge >= 0.3 is 0 Å². The van der Waals surface area contributed by atoms with E-state index >= 15 is 0 Å². The van der Waals surface area contributed by atoms with Crippen LogP contribution < -0.4 is 16.6 Å². The van der Waals surface area contributed by atoms with Crippen molar-refractivity contribution in [2.24, 2.45) is 5.84 Å². The average Bonchev–Trinajstić information content (AvgIpc) is 2.42. The Bertz CT molecular complexity index is 675. The lowest BCUT2D eigenvalue weighted by atomic mass is 10.1. The summed E-state index contributed by atoms with van der Waals surface area (Å²) in [6, 6.07) is 9.36. The smallest absolute Gasteiger partial charge is 0.255 e. The molecule has 2 aromatic carbocycles. The molecule has 2 aromatic rings. The summed E-state index contributed by atoms with van der Waals surface area (Å²) in [5.74, 6) is 5.25. The molecule has 5 heteroatoms. The third-order valence-corrected chi connectivity index (χ3v) is 3.94. The fraction of sp³-hybridized carbons (Fsp3) is 0.188. The second kappa shape index (κ2) is 6.28. The minimum atomic E-state index is -0.144. The van der Waals surface area contributed by atoms with Crippen LogP contribution in [-0.2, 0) is 0 Å². The monoisotopic (exact) mass is 347 g/mol. The number of halogens is 1. The fourth-order valence-corrected chi connectivity index (χ4v) is 3.00. The predicted molar refractivity (Wildman–Crippen MR) is 90.6 cm³/mol. The molecule has 0 atom stereocenters. The van der Waals surface area contributed by atoms with Gasteiger partial charge in [0, 0.05) is 10.0 Å². The first-order chi connectivity index (χ1) is 9.92. The van der Waals surface area contributed by atoms with Gasteiger partial charge in [0.2, 0.25) is 0 Å². The number of rotatable bonds is 3. The Balaban J connectivity index is 2.28. The van der Waals surface area contributed by atoms with Crippen LogP contribution in [0, 0.1) is 20.8 Å². The fourth-order valence-electron chi connectivity index (χ4n) is 2.23. The molecular formula is C16H18BrN3O. The van der Waals surface area contributed by atoms with Crippen molar-refractivity contribution in [1.82, 2.24) is 0 Å². The average molecular weight is 348 g/mol. The van der Waals surface area contributed by atoms with Gasteiger partial charge in [-0.1, -0.05) is 6.07 Å². The van der Waals surface area contributed by atoms with Crippen molar-refractivity contribution in [2.45, 2.75) is 20.8 Å². The highest BCUT2D eigenvalue weighted by molar-refractivity contribution is 9.10. The Morgan fingerprint density at radius 2 is 1.81 bits per heavy atom. The maximum Gasteiger partial charge on any atom is 0.255 e. The first-order valence-corrected chi connectivity index (χ1v) is 7.37. The third-order valence-electron chi connectivity index (χ3n) is 3.31. The van der Waals surface area contributed by atoms with Crippen molar-refractivity contribution >= 4 is 33.2 Å². The summed E-state index contributed by atoms with van der Waals surface area (Å²) in [6.45, 7) is 5.89. The molecule has 0 bridgehead atoms.